The molecule has 2 aliphatic rings. The van der Waals surface area contributed by atoms with Crippen LogP contribution in [0.2, 0.25) is 0 Å². The third kappa shape index (κ3) is 2.85. The number of nitrogens with one attached hydrogen (secondary N) is 1. The maximum Gasteiger partial charge on any atom is 0.432 e. The van der Waals surface area contributed by atoms with E-state index in [9.17, 15) is 18.3 Å². The van der Waals surface area contributed by atoms with Crippen LogP contribution in [0.4, 0.5) is 13.2 Å². The fourth-order valence-electron chi connectivity index (χ4n) is 2.48. The average Bonchev–Trinajstić information content (AvgIpc) is 2.55. The van der Waals surface area contributed by atoms with Crippen molar-refractivity contribution >= 4 is 5.71 Å². The van der Waals surface area contributed by atoms with Crippen LogP contribution in [0.1, 0.15) is 32.1 Å². The second-order valence-electron chi connectivity index (χ2n) is 4.84. The summed E-state index contributed by atoms with van der Waals surface area (Å²) in [5.74, 6) is 0. The molecule has 102 valence electrons. The molecule has 0 radical (unpaired) electrons. The van der Waals surface area contributed by atoms with Crippen molar-refractivity contribution in [3.05, 3.63) is 11.8 Å². The summed E-state index contributed by atoms with van der Waals surface area (Å²) in [6.07, 6.45) is 0.242. The van der Waals surface area contributed by atoms with E-state index in [0.29, 0.717) is 19.4 Å². The molecule has 1 heterocycles. The Labute approximate surface area is 104 Å². The zero-order chi connectivity index (χ0) is 13.2. The molecule has 6 heteroatoms. The molecule has 1 saturated carbocycles. The van der Waals surface area contributed by atoms with Gasteiger partial charge in [0, 0.05) is 12.2 Å². The average molecular weight is 262 g/mol. The molecular formula is C12H17F3N2O. The first kappa shape index (κ1) is 13.4. The van der Waals surface area contributed by atoms with E-state index in [1.165, 1.54) is 0 Å². The smallest absolute Gasteiger partial charge is 0.384 e. The molecule has 2 N–H and O–H groups in total. The molecule has 3 nitrogen and oxygen atoms in total. The van der Waals surface area contributed by atoms with Gasteiger partial charge in [-0.1, -0.05) is 19.3 Å². The molecule has 1 fully saturated rings. The van der Waals surface area contributed by atoms with Crippen LogP contribution in [-0.4, -0.2) is 35.7 Å². The molecule has 0 aromatic heterocycles. The summed E-state index contributed by atoms with van der Waals surface area (Å²) in [6, 6.07) is 0. The Bertz CT molecular complexity index is 368. The zero-order valence-corrected chi connectivity index (χ0v) is 10.1. The minimum Gasteiger partial charge on any atom is -0.384 e. The number of hydrogen-bond donors (Lipinski definition) is 2. The topological polar surface area (TPSA) is 44.6 Å². The minimum absolute atomic E-state index is 0.0743. The molecule has 2 rings (SSSR count). The number of halogens is 3. The van der Waals surface area contributed by atoms with Gasteiger partial charge in [-0.25, -0.2) is 0 Å². The van der Waals surface area contributed by atoms with Crippen molar-refractivity contribution in [2.75, 3.05) is 13.1 Å². The van der Waals surface area contributed by atoms with Crippen LogP contribution in [0.25, 0.3) is 0 Å². The van der Waals surface area contributed by atoms with Crippen molar-refractivity contribution in [3.8, 4) is 0 Å². The van der Waals surface area contributed by atoms with Crippen molar-refractivity contribution < 1.29 is 18.3 Å². The lowest BCUT2D eigenvalue weighted by atomic mass is 9.82. The predicted octanol–water partition coefficient (Wildman–Crippen LogP) is 2.17. The Balaban J connectivity index is 2.26. The Hall–Kier alpha value is -1.04. The maximum absolute atomic E-state index is 12.7. The Kier molecular flexibility index (Phi) is 3.66. The summed E-state index contributed by atoms with van der Waals surface area (Å²) in [7, 11) is 0. The third-order valence-corrected chi connectivity index (χ3v) is 3.46. The van der Waals surface area contributed by atoms with Crippen LogP contribution < -0.4 is 5.32 Å². The lowest BCUT2D eigenvalue weighted by molar-refractivity contribution is -0.0579. The van der Waals surface area contributed by atoms with Gasteiger partial charge in [-0.05, 0) is 18.9 Å². The molecule has 0 aromatic carbocycles. The van der Waals surface area contributed by atoms with E-state index in [2.05, 4.69) is 10.3 Å². The van der Waals surface area contributed by atoms with Gasteiger partial charge in [0.15, 0.2) is 0 Å². The second-order valence-corrected chi connectivity index (χ2v) is 4.84. The highest BCUT2D eigenvalue weighted by Gasteiger charge is 2.39. The molecule has 0 spiro atoms. The molecule has 0 amide bonds. The zero-order valence-electron chi connectivity index (χ0n) is 10.1. The summed E-state index contributed by atoms with van der Waals surface area (Å²) >= 11 is 0. The van der Waals surface area contributed by atoms with Gasteiger partial charge in [0.1, 0.15) is 11.3 Å². The van der Waals surface area contributed by atoms with Gasteiger partial charge in [-0.15, -0.1) is 0 Å². The normalized spacial score (nSPS) is 24.7. The molecule has 0 atom stereocenters. The summed E-state index contributed by atoms with van der Waals surface area (Å²) in [5.41, 5.74) is -1.77. The van der Waals surface area contributed by atoms with Crippen LogP contribution in [0.3, 0.4) is 0 Å². The van der Waals surface area contributed by atoms with E-state index >= 15 is 0 Å². The predicted molar refractivity (Wildman–Crippen MR) is 62.5 cm³/mol. The maximum atomic E-state index is 12.7. The highest BCUT2D eigenvalue weighted by atomic mass is 19.4. The number of hydrogen-bond acceptors (Lipinski definition) is 3. The molecular weight excluding hydrogens is 245 g/mol. The van der Waals surface area contributed by atoms with Crippen LogP contribution in [0, 0.1) is 0 Å². The molecule has 0 saturated heterocycles. The van der Waals surface area contributed by atoms with Crippen molar-refractivity contribution in [2.24, 2.45) is 4.99 Å². The Morgan fingerprint density at radius 1 is 1.22 bits per heavy atom. The largest absolute Gasteiger partial charge is 0.432 e. The summed E-state index contributed by atoms with van der Waals surface area (Å²) in [6.45, 7) is 0.401. The van der Waals surface area contributed by atoms with Gasteiger partial charge >= 0.3 is 6.18 Å². The molecule has 18 heavy (non-hydrogen) atoms. The quantitative estimate of drug-likeness (QED) is 0.760. The van der Waals surface area contributed by atoms with E-state index in [1.54, 1.807) is 0 Å². The van der Waals surface area contributed by atoms with Crippen molar-refractivity contribution in [1.82, 2.24) is 5.32 Å². The molecule has 0 bridgehead atoms. The van der Waals surface area contributed by atoms with E-state index in [0.717, 1.165) is 25.3 Å². The number of aliphatic imine (C=N–C) groups is 1. The summed E-state index contributed by atoms with van der Waals surface area (Å²) < 4.78 is 38.1. The van der Waals surface area contributed by atoms with Gasteiger partial charge in [-0.2, -0.15) is 13.2 Å². The van der Waals surface area contributed by atoms with Gasteiger partial charge in [0.2, 0.25) is 0 Å². The van der Waals surface area contributed by atoms with Gasteiger partial charge < -0.3 is 10.4 Å². The standard InChI is InChI=1S/C12H17F3N2O/c13-12(14,15)10-8-9(16-6-7-17-10)11(18)4-2-1-3-5-11/h8,16,18H,1-7H2. The Morgan fingerprint density at radius 3 is 2.50 bits per heavy atom. The SMILES string of the molecule is OC1(C2=CC(C(F)(F)F)=NCCN2)CCCCC1. The lowest BCUT2D eigenvalue weighted by Gasteiger charge is -2.34. The number of allylic oxidation sites excluding steroid dienone is 1. The van der Waals surface area contributed by atoms with Crippen LogP contribution in [0.15, 0.2) is 16.8 Å². The van der Waals surface area contributed by atoms with Crippen LogP contribution in [0.5, 0.6) is 0 Å². The van der Waals surface area contributed by atoms with Gasteiger partial charge in [0.05, 0.1) is 6.54 Å². The summed E-state index contributed by atoms with van der Waals surface area (Å²) in [4.78, 5) is 3.51. The minimum atomic E-state index is -4.46. The second kappa shape index (κ2) is 4.91. The van der Waals surface area contributed by atoms with Gasteiger partial charge in [0.25, 0.3) is 0 Å². The summed E-state index contributed by atoms with van der Waals surface area (Å²) in [5, 5.41) is 13.3. The first-order chi connectivity index (χ1) is 8.42. The first-order valence-electron chi connectivity index (χ1n) is 6.22. The number of aliphatic hydroxyl groups is 1. The van der Waals surface area contributed by atoms with E-state index in [4.69, 9.17) is 0 Å². The van der Waals surface area contributed by atoms with E-state index in [-0.39, 0.29) is 12.2 Å². The number of rotatable bonds is 1. The fraction of sp³-hybridized carbons (Fsp3) is 0.750. The Morgan fingerprint density at radius 2 is 1.89 bits per heavy atom. The molecule has 1 aliphatic carbocycles. The van der Waals surface area contributed by atoms with Crippen molar-refractivity contribution in [3.63, 3.8) is 0 Å². The lowest BCUT2D eigenvalue weighted by Crippen LogP contribution is -2.40. The van der Waals surface area contributed by atoms with Crippen molar-refractivity contribution in [2.45, 2.75) is 43.9 Å². The van der Waals surface area contributed by atoms with E-state index < -0.39 is 17.5 Å². The van der Waals surface area contributed by atoms with Crippen LogP contribution >= 0.6 is 0 Å². The molecule has 1 aliphatic heterocycles. The van der Waals surface area contributed by atoms with Crippen molar-refractivity contribution in [1.29, 1.82) is 0 Å². The highest BCUT2D eigenvalue weighted by molar-refractivity contribution is 6.00. The van der Waals surface area contributed by atoms with Crippen LogP contribution in [-0.2, 0) is 0 Å². The van der Waals surface area contributed by atoms with Gasteiger partial charge in [-0.3, -0.25) is 4.99 Å². The fourth-order valence-corrected chi connectivity index (χ4v) is 2.48. The molecule has 0 unspecified atom stereocenters. The molecule has 0 aromatic rings. The number of alkyl halides is 3. The first-order valence-corrected chi connectivity index (χ1v) is 6.22. The van der Waals surface area contributed by atoms with E-state index in [1.807, 2.05) is 0 Å². The number of nitrogens with zero attached hydrogens (tertiary/aromatic N) is 1. The highest BCUT2D eigenvalue weighted by Crippen LogP contribution is 2.34. The monoisotopic (exact) mass is 262 g/mol. The third-order valence-electron chi connectivity index (χ3n) is 3.46.